The van der Waals surface area contributed by atoms with Crippen molar-refractivity contribution in [1.29, 1.82) is 0 Å². The molecule has 0 bridgehead atoms. The minimum atomic E-state index is 0.760. The van der Waals surface area contributed by atoms with E-state index in [-0.39, 0.29) is 0 Å². The van der Waals surface area contributed by atoms with Gasteiger partial charge in [0.2, 0.25) is 0 Å². The predicted molar refractivity (Wildman–Crippen MR) is 81.1 cm³/mol. The second-order valence-corrected chi connectivity index (χ2v) is 6.39. The van der Waals surface area contributed by atoms with Crippen LogP contribution in [0, 0.1) is 0 Å². The highest BCUT2D eigenvalue weighted by Gasteiger charge is 2.03. The highest BCUT2D eigenvalue weighted by atomic mass is 35.5. The Labute approximate surface area is 118 Å². The monoisotopic (exact) mass is 294 g/mol. The van der Waals surface area contributed by atoms with Crippen molar-refractivity contribution >= 4 is 49.6 Å². The van der Waals surface area contributed by atoms with Crippen molar-refractivity contribution in [2.24, 2.45) is 0 Å². The molecule has 0 unspecified atom stereocenters. The van der Waals surface area contributed by atoms with Crippen molar-refractivity contribution < 1.29 is 0 Å². The van der Waals surface area contributed by atoms with Crippen LogP contribution in [0.2, 0.25) is 5.02 Å². The summed E-state index contributed by atoms with van der Waals surface area (Å²) in [6.07, 6.45) is 1.04. The fourth-order valence-electron chi connectivity index (χ4n) is 1.72. The molecule has 1 N–H and O–H groups in total. The van der Waals surface area contributed by atoms with Gasteiger partial charge in [-0.1, -0.05) is 29.0 Å². The third-order valence-corrected chi connectivity index (χ3v) is 4.73. The quantitative estimate of drug-likeness (QED) is 0.756. The summed E-state index contributed by atoms with van der Waals surface area (Å²) < 4.78 is 1.13. The van der Waals surface area contributed by atoms with Gasteiger partial charge in [-0.3, -0.25) is 0 Å². The van der Waals surface area contributed by atoms with Crippen molar-refractivity contribution in [3.05, 3.63) is 45.6 Å². The van der Waals surface area contributed by atoms with E-state index in [1.165, 1.54) is 4.88 Å². The summed E-state index contributed by atoms with van der Waals surface area (Å²) in [6, 6.07) is 10.0. The van der Waals surface area contributed by atoms with E-state index in [4.69, 9.17) is 11.6 Å². The smallest absolute Gasteiger partial charge is 0.183 e. The Morgan fingerprint density at radius 2 is 2.22 bits per heavy atom. The average molecular weight is 295 g/mol. The number of hydrogen-bond acceptors (Lipinski definition) is 4. The first-order chi connectivity index (χ1) is 8.81. The predicted octanol–water partition coefficient (Wildman–Crippen LogP) is 4.67. The molecule has 2 aromatic heterocycles. The number of rotatable bonds is 4. The first-order valence-corrected chi connectivity index (χ1v) is 7.71. The molecule has 2 heterocycles. The molecule has 0 saturated carbocycles. The highest BCUT2D eigenvalue weighted by Crippen LogP contribution is 2.28. The second kappa shape index (κ2) is 5.26. The van der Waals surface area contributed by atoms with E-state index in [0.29, 0.717) is 0 Å². The average Bonchev–Trinajstić information content (AvgIpc) is 2.97. The summed E-state index contributed by atoms with van der Waals surface area (Å²) in [5.74, 6) is 0. The topological polar surface area (TPSA) is 24.9 Å². The van der Waals surface area contributed by atoms with Gasteiger partial charge < -0.3 is 5.32 Å². The Bertz CT molecular complexity index is 646. The number of halogens is 1. The number of thiophene rings is 1. The summed E-state index contributed by atoms with van der Waals surface area (Å²) in [5, 5.41) is 7.19. The van der Waals surface area contributed by atoms with Crippen LogP contribution in [-0.2, 0) is 6.42 Å². The minimum Gasteiger partial charge on any atom is -0.361 e. The van der Waals surface area contributed by atoms with E-state index in [1.807, 2.05) is 18.2 Å². The van der Waals surface area contributed by atoms with Crippen molar-refractivity contribution in [3.63, 3.8) is 0 Å². The summed E-state index contributed by atoms with van der Waals surface area (Å²) in [7, 11) is 0. The standard InChI is InChI=1S/C13H11ClN2S2/c14-9-3-4-11-12(8-9)18-13(16-11)15-6-5-10-2-1-7-17-10/h1-4,7-8H,5-6H2,(H,15,16). The van der Waals surface area contributed by atoms with Crippen LogP contribution < -0.4 is 5.32 Å². The second-order valence-electron chi connectivity index (χ2n) is 3.89. The third-order valence-electron chi connectivity index (χ3n) is 2.58. The molecule has 0 amide bonds. The number of hydrogen-bond donors (Lipinski definition) is 1. The lowest BCUT2D eigenvalue weighted by molar-refractivity contribution is 1.04. The van der Waals surface area contributed by atoms with Crippen LogP contribution >= 0.6 is 34.3 Å². The van der Waals surface area contributed by atoms with Crippen molar-refractivity contribution in [1.82, 2.24) is 4.98 Å². The van der Waals surface area contributed by atoms with E-state index in [2.05, 4.69) is 27.8 Å². The lowest BCUT2D eigenvalue weighted by Gasteiger charge is -1.99. The van der Waals surface area contributed by atoms with Crippen LogP contribution in [0.4, 0.5) is 5.13 Å². The first-order valence-electron chi connectivity index (χ1n) is 5.63. The van der Waals surface area contributed by atoms with Gasteiger partial charge in [0.1, 0.15) is 0 Å². The van der Waals surface area contributed by atoms with Gasteiger partial charge in [0, 0.05) is 16.4 Å². The van der Waals surface area contributed by atoms with Gasteiger partial charge >= 0.3 is 0 Å². The zero-order valence-electron chi connectivity index (χ0n) is 9.52. The van der Waals surface area contributed by atoms with Gasteiger partial charge in [-0.25, -0.2) is 4.98 Å². The maximum absolute atomic E-state index is 5.96. The molecule has 0 radical (unpaired) electrons. The number of thiazole rings is 1. The Balaban J connectivity index is 1.67. The molecule has 3 rings (SSSR count). The van der Waals surface area contributed by atoms with E-state index in [0.717, 1.165) is 33.3 Å². The molecule has 0 spiro atoms. The normalized spacial score (nSPS) is 10.9. The summed E-state index contributed by atoms with van der Waals surface area (Å²) in [5.41, 5.74) is 1.00. The Hall–Kier alpha value is -1.10. The van der Waals surface area contributed by atoms with E-state index in [9.17, 15) is 0 Å². The van der Waals surface area contributed by atoms with Crippen molar-refractivity contribution in [2.45, 2.75) is 6.42 Å². The van der Waals surface area contributed by atoms with Crippen LogP contribution in [-0.4, -0.2) is 11.5 Å². The molecular formula is C13H11ClN2S2. The van der Waals surface area contributed by atoms with Gasteiger partial charge in [0.15, 0.2) is 5.13 Å². The maximum atomic E-state index is 5.96. The van der Waals surface area contributed by atoms with Crippen LogP contribution in [0.1, 0.15) is 4.88 Å². The van der Waals surface area contributed by atoms with Crippen molar-refractivity contribution in [2.75, 3.05) is 11.9 Å². The van der Waals surface area contributed by atoms with Gasteiger partial charge in [-0.15, -0.1) is 11.3 Å². The largest absolute Gasteiger partial charge is 0.361 e. The molecule has 3 aromatic rings. The van der Waals surface area contributed by atoms with Gasteiger partial charge in [0.05, 0.1) is 10.2 Å². The molecule has 0 saturated heterocycles. The maximum Gasteiger partial charge on any atom is 0.183 e. The number of anilines is 1. The first kappa shape index (κ1) is 12.0. The van der Waals surface area contributed by atoms with Crippen LogP contribution in [0.15, 0.2) is 35.7 Å². The minimum absolute atomic E-state index is 0.760. The molecule has 0 aliphatic carbocycles. The third kappa shape index (κ3) is 2.66. The number of nitrogens with zero attached hydrogens (tertiary/aromatic N) is 1. The SMILES string of the molecule is Clc1ccc2nc(NCCc3cccs3)sc2c1. The molecule has 5 heteroatoms. The zero-order chi connectivity index (χ0) is 12.4. The lowest BCUT2D eigenvalue weighted by atomic mass is 10.3. The van der Waals surface area contributed by atoms with Crippen LogP contribution in [0.3, 0.4) is 0 Å². The zero-order valence-corrected chi connectivity index (χ0v) is 11.9. The van der Waals surface area contributed by atoms with Gasteiger partial charge in [0.25, 0.3) is 0 Å². The van der Waals surface area contributed by atoms with Crippen LogP contribution in [0.25, 0.3) is 10.2 Å². The Morgan fingerprint density at radius 1 is 1.28 bits per heavy atom. The molecule has 2 nitrogen and oxygen atoms in total. The van der Waals surface area contributed by atoms with E-state index in [1.54, 1.807) is 22.7 Å². The molecule has 0 aliphatic rings. The fraction of sp³-hybridized carbons (Fsp3) is 0.154. The molecule has 0 fully saturated rings. The summed E-state index contributed by atoms with van der Waals surface area (Å²) >= 11 is 9.40. The van der Waals surface area contributed by atoms with E-state index >= 15 is 0 Å². The number of aromatic nitrogens is 1. The molecule has 0 aliphatic heterocycles. The fourth-order valence-corrected chi connectivity index (χ4v) is 3.60. The Kier molecular flexibility index (Phi) is 3.50. The van der Waals surface area contributed by atoms with Gasteiger partial charge in [-0.2, -0.15) is 0 Å². The number of fused-ring (bicyclic) bond motifs is 1. The van der Waals surface area contributed by atoms with Crippen LogP contribution in [0.5, 0.6) is 0 Å². The molecule has 92 valence electrons. The Morgan fingerprint density at radius 3 is 3.06 bits per heavy atom. The lowest BCUT2D eigenvalue weighted by Crippen LogP contribution is -2.03. The number of nitrogens with one attached hydrogen (secondary N) is 1. The molecular weight excluding hydrogens is 284 g/mol. The van der Waals surface area contributed by atoms with Crippen molar-refractivity contribution in [3.8, 4) is 0 Å². The molecule has 0 atom stereocenters. The molecule has 18 heavy (non-hydrogen) atoms. The number of benzene rings is 1. The van der Waals surface area contributed by atoms with Gasteiger partial charge in [-0.05, 0) is 36.1 Å². The highest BCUT2D eigenvalue weighted by molar-refractivity contribution is 7.22. The molecule has 1 aromatic carbocycles. The summed E-state index contributed by atoms with van der Waals surface area (Å²) in [4.78, 5) is 5.92. The summed E-state index contributed by atoms with van der Waals surface area (Å²) in [6.45, 7) is 0.911. The van der Waals surface area contributed by atoms with E-state index < -0.39 is 0 Å².